The van der Waals surface area contributed by atoms with Crippen LogP contribution in [0.5, 0.6) is 0 Å². The summed E-state index contributed by atoms with van der Waals surface area (Å²) in [7, 11) is 1.87. The van der Waals surface area contributed by atoms with Crippen molar-refractivity contribution in [3.05, 3.63) is 83.6 Å². The Balaban J connectivity index is 1.29. The van der Waals surface area contributed by atoms with Crippen molar-refractivity contribution in [3.63, 3.8) is 0 Å². The van der Waals surface area contributed by atoms with Gasteiger partial charge in [-0.2, -0.15) is 0 Å². The van der Waals surface area contributed by atoms with E-state index < -0.39 is 35.0 Å². The first-order valence-electron chi connectivity index (χ1n) is 16.6. The maximum absolute atomic E-state index is 15.1. The molecule has 3 fully saturated rings. The second-order valence-corrected chi connectivity index (χ2v) is 15.4. The molecule has 5 aliphatic rings. The lowest BCUT2D eigenvalue weighted by atomic mass is 9.59. The summed E-state index contributed by atoms with van der Waals surface area (Å²) < 4.78 is 21.2. The molecule has 4 aliphatic carbocycles. The molecule has 7 nitrogen and oxygen atoms in total. The van der Waals surface area contributed by atoms with E-state index in [2.05, 4.69) is 20.8 Å². The molecule has 7 heteroatoms. The average Bonchev–Trinajstić information content (AvgIpc) is 3.34. The number of aliphatic hydroxyl groups is 1. The van der Waals surface area contributed by atoms with Crippen LogP contribution in [0.25, 0.3) is 22.0 Å². The predicted molar refractivity (Wildman–Crippen MR) is 175 cm³/mol. The van der Waals surface area contributed by atoms with E-state index in [4.69, 9.17) is 14.2 Å². The zero-order valence-corrected chi connectivity index (χ0v) is 27.7. The predicted octanol–water partition coefficient (Wildman–Crippen LogP) is 6.64. The lowest BCUT2D eigenvalue weighted by Gasteiger charge is -2.52. The lowest BCUT2D eigenvalue weighted by Crippen LogP contribution is -2.68. The van der Waals surface area contributed by atoms with Gasteiger partial charge in [-0.3, -0.25) is 4.79 Å². The fourth-order valence-electron chi connectivity index (χ4n) is 9.99. The van der Waals surface area contributed by atoms with Gasteiger partial charge in [-0.05, 0) is 73.1 Å². The standard InChI is InChI=1S/C39H43NO6/c1-21-19-38-22(2)17-27-30(36(27,3)4)26(32(38)41)18-24-20-44-37(5,6)46-34(24)39(38,43)33(21)45-35(42)31-29(23-13-9-8-10-14-23)25-15-11-12-16-28(25)40(31)7/h8-16,18-19,22,26-27,30,33-34,43H,17,20H2,1-7H3/t22-,26+,27-,30+,33+,34-,38+,39-/m1/s1. The molecule has 0 radical (unpaired) electrons. The van der Waals surface area contributed by atoms with Crippen molar-refractivity contribution >= 4 is 22.7 Å². The van der Waals surface area contributed by atoms with Crippen LogP contribution >= 0.6 is 0 Å². The number of hydrogen-bond acceptors (Lipinski definition) is 6. The molecule has 46 heavy (non-hydrogen) atoms. The fraction of sp³-hybridized carbons (Fsp3) is 0.487. The number of ether oxygens (including phenoxy) is 3. The number of Topliss-reactive ketones (excluding diaryl/α,β-unsaturated/α-hetero) is 1. The highest BCUT2D eigenvalue weighted by molar-refractivity contribution is 6.09. The van der Waals surface area contributed by atoms with Gasteiger partial charge in [0.1, 0.15) is 11.8 Å². The molecule has 8 atom stereocenters. The Bertz CT molecular complexity index is 1870. The first-order chi connectivity index (χ1) is 21.7. The average molecular weight is 622 g/mol. The number of para-hydroxylation sites is 1. The van der Waals surface area contributed by atoms with Crippen molar-refractivity contribution in [2.75, 3.05) is 6.61 Å². The molecule has 2 heterocycles. The third kappa shape index (κ3) is 3.71. The minimum atomic E-state index is -1.87. The molecule has 1 aliphatic heterocycles. The van der Waals surface area contributed by atoms with Crippen molar-refractivity contribution in [1.82, 2.24) is 4.57 Å². The maximum atomic E-state index is 15.1. The van der Waals surface area contributed by atoms with E-state index in [0.29, 0.717) is 17.2 Å². The Kier molecular flexibility index (Phi) is 6.18. The number of nitrogens with zero attached hydrogens (tertiary/aromatic N) is 1. The Hall–Kier alpha value is -3.52. The number of hydrogen-bond donors (Lipinski definition) is 1. The Labute approximate surface area is 270 Å². The quantitative estimate of drug-likeness (QED) is 0.261. The molecule has 2 saturated carbocycles. The number of benzene rings is 2. The molecule has 240 valence electrons. The first kappa shape index (κ1) is 29.9. The van der Waals surface area contributed by atoms with Gasteiger partial charge in [0.05, 0.1) is 12.0 Å². The molecule has 1 N–H and O–H groups in total. The van der Waals surface area contributed by atoms with Crippen LogP contribution in [-0.4, -0.2) is 51.6 Å². The molecule has 0 amide bonds. The summed E-state index contributed by atoms with van der Waals surface area (Å²) in [5.74, 6) is -1.63. The van der Waals surface area contributed by atoms with Crippen LogP contribution in [0.1, 0.15) is 58.5 Å². The summed E-state index contributed by atoms with van der Waals surface area (Å²) in [5.41, 5.74) is 1.22. The van der Waals surface area contributed by atoms with Crippen LogP contribution in [0.3, 0.4) is 0 Å². The summed E-state index contributed by atoms with van der Waals surface area (Å²) in [4.78, 5) is 29.7. The van der Waals surface area contributed by atoms with Crippen molar-refractivity contribution < 1.29 is 28.9 Å². The van der Waals surface area contributed by atoms with Gasteiger partial charge in [-0.1, -0.05) is 81.5 Å². The van der Waals surface area contributed by atoms with Crippen molar-refractivity contribution in [3.8, 4) is 11.1 Å². The largest absolute Gasteiger partial charge is 0.450 e. The minimum Gasteiger partial charge on any atom is -0.450 e. The van der Waals surface area contributed by atoms with Crippen LogP contribution in [0.15, 0.2) is 77.9 Å². The van der Waals surface area contributed by atoms with Crippen molar-refractivity contribution in [2.45, 2.75) is 71.6 Å². The Morgan fingerprint density at radius 2 is 1.74 bits per heavy atom. The summed E-state index contributed by atoms with van der Waals surface area (Å²) >= 11 is 0. The topological polar surface area (TPSA) is 87.0 Å². The molecule has 1 spiro atoms. The third-order valence-corrected chi connectivity index (χ3v) is 12.3. The minimum absolute atomic E-state index is 0.00337. The smallest absolute Gasteiger partial charge is 0.356 e. The normalized spacial score (nSPS) is 36.8. The first-order valence-corrected chi connectivity index (χ1v) is 16.6. The van der Waals surface area contributed by atoms with Gasteiger partial charge in [-0.25, -0.2) is 4.79 Å². The lowest BCUT2D eigenvalue weighted by molar-refractivity contribution is -0.302. The molecule has 3 aromatic rings. The number of fused-ring (bicyclic) bond motifs is 6. The van der Waals surface area contributed by atoms with Crippen molar-refractivity contribution in [2.24, 2.45) is 41.5 Å². The van der Waals surface area contributed by atoms with E-state index in [-0.39, 0.29) is 35.6 Å². The van der Waals surface area contributed by atoms with Crippen LogP contribution in [0.2, 0.25) is 0 Å². The van der Waals surface area contributed by atoms with Crippen LogP contribution < -0.4 is 0 Å². The number of rotatable bonds is 3. The van der Waals surface area contributed by atoms with Gasteiger partial charge < -0.3 is 23.9 Å². The summed E-state index contributed by atoms with van der Waals surface area (Å²) in [6.45, 7) is 12.3. The van der Waals surface area contributed by atoms with Crippen LogP contribution in [-0.2, 0) is 26.1 Å². The Morgan fingerprint density at radius 1 is 1.04 bits per heavy atom. The number of carbonyl (C=O) groups excluding carboxylic acids is 2. The molecule has 0 unspecified atom stereocenters. The Morgan fingerprint density at radius 3 is 2.48 bits per heavy atom. The van der Waals surface area contributed by atoms with Crippen LogP contribution in [0.4, 0.5) is 0 Å². The van der Waals surface area contributed by atoms with E-state index in [1.165, 1.54) is 0 Å². The van der Waals surface area contributed by atoms with Gasteiger partial charge in [0.15, 0.2) is 23.3 Å². The molecular formula is C39H43NO6. The zero-order chi connectivity index (χ0) is 32.6. The number of ketones is 1. The number of aromatic nitrogens is 1. The third-order valence-electron chi connectivity index (χ3n) is 12.3. The number of allylic oxidation sites excluding steroid dienone is 1. The van der Waals surface area contributed by atoms with Crippen molar-refractivity contribution in [1.29, 1.82) is 0 Å². The highest BCUT2D eigenvalue weighted by atomic mass is 16.7. The van der Waals surface area contributed by atoms with E-state index >= 15 is 4.79 Å². The van der Waals surface area contributed by atoms with Crippen LogP contribution in [0, 0.1) is 34.5 Å². The molecule has 1 saturated heterocycles. The number of esters is 1. The highest BCUT2D eigenvalue weighted by Gasteiger charge is 2.77. The van der Waals surface area contributed by atoms with E-state index in [1.807, 2.05) is 99.1 Å². The van der Waals surface area contributed by atoms with E-state index in [0.717, 1.165) is 34.0 Å². The molecule has 8 rings (SSSR count). The monoisotopic (exact) mass is 621 g/mol. The molecule has 2 aromatic carbocycles. The van der Waals surface area contributed by atoms with Gasteiger partial charge in [-0.15, -0.1) is 0 Å². The highest BCUT2D eigenvalue weighted by Crippen LogP contribution is 2.72. The summed E-state index contributed by atoms with van der Waals surface area (Å²) in [6, 6.07) is 17.7. The molecule has 1 aromatic heterocycles. The van der Waals surface area contributed by atoms with E-state index in [1.54, 1.807) is 0 Å². The van der Waals surface area contributed by atoms with Gasteiger partial charge in [0.2, 0.25) is 0 Å². The van der Waals surface area contributed by atoms with E-state index in [9.17, 15) is 9.90 Å². The molecule has 2 bridgehead atoms. The van der Waals surface area contributed by atoms with Gasteiger partial charge in [0, 0.05) is 29.4 Å². The second kappa shape index (κ2) is 9.52. The SMILES string of the molecule is CC1=C[C@]23C(=O)[C@@H](C=C4COC(C)(C)O[C@H]4[C@]2(O)[C@H]1OC(=O)c1c(-c2ccccc2)c2ccccc2n1C)[C@H]1[C@@H](C[C@H]3C)C1(C)C. The number of carbonyl (C=O) groups is 2. The van der Waals surface area contributed by atoms with Gasteiger partial charge >= 0.3 is 5.97 Å². The second-order valence-electron chi connectivity index (χ2n) is 15.4. The molecular weight excluding hydrogens is 578 g/mol. The zero-order valence-electron chi connectivity index (χ0n) is 27.7. The maximum Gasteiger partial charge on any atom is 0.356 e. The number of aryl methyl sites for hydroxylation is 1. The summed E-state index contributed by atoms with van der Waals surface area (Å²) in [5, 5.41) is 14.4. The fourth-order valence-corrected chi connectivity index (χ4v) is 9.99. The van der Waals surface area contributed by atoms with Gasteiger partial charge in [0.25, 0.3) is 0 Å². The summed E-state index contributed by atoms with van der Waals surface area (Å²) in [6.07, 6.45) is 2.74.